The number of pyridine rings is 1. The van der Waals surface area contributed by atoms with Gasteiger partial charge in [0.1, 0.15) is 0 Å². The summed E-state index contributed by atoms with van der Waals surface area (Å²) in [6.45, 7) is 0. The summed E-state index contributed by atoms with van der Waals surface area (Å²) < 4.78 is 39.8. The molecule has 0 atom stereocenters. The van der Waals surface area contributed by atoms with E-state index >= 15 is 0 Å². The molecule has 0 radical (unpaired) electrons. The molecule has 6 nitrogen and oxygen atoms in total. The van der Waals surface area contributed by atoms with Gasteiger partial charge in [-0.2, -0.15) is 18.3 Å². The van der Waals surface area contributed by atoms with Gasteiger partial charge in [0.2, 0.25) is 5.95 Å². The number of aromatic amines is 1. The lowest BCUT2D eigenvalue weighted by Crippen LogP contribution is -2.21. The number of benzene rings is 1. The second-order valence-corrected chi connectivity index (χ2v) is 7.35. The predicted octanol–water partition coefficient (Wildman–Crippen LogP) is 4.70. The smallest absolute Gasteiger partial charge is 0.341 e. The van der Waals surface area contributed by atoms with Crippen molar-refractivity contribution in [3.05, 3.63) is 54.4 Å². The van der Waals surface area contributed by atoms with Crippen molar-refractivity contribution in [3.8, 4) is 22.5 Å². The monoisotopic (exact) mass is 410 g/mol. The van der Waals surface area contributed by atoms with E-state index in [1.165, 1.54) is 6.07 Å². The van der Waals surface area contributed by atoms with Crippen molar-refractivity contribution in [1.82, 2.24) is 25.1 Å². The zero-order valence-electron chi connectivity index (χ0n) is 16.0. The van der Waals surface area contributed by atoms with Gasteiger partial charge in [0.15, 0.2) is 5.65 Å². The highest BCUT2D eigenvalue weighted by molar-refractivity contribution is 5.89. The van der Waals surface area contributed by atoms with Gasteiger partial charge in [0.05, 0.1) is 23.1 Å². The van der Waals surface area contributed by atoms with E-state index in [2.05, 4.69) is 25.1 Å². The Balaban J connectivity index is 1.68. The molecule has 1 aliphatic rings. The number of hydrogen-bond acceptors (Lipinski definition) is 5. The summed E-state index contributed by atoms with van der Waals surface area (Å²) in [5.74, 6) is 0.581. The van der Waals surface area contributed by atoms with Crippen molar-refractivity contribution in [3.63, 3.8) is 0 Å². The highest BCUT2D eigenvalue weighted by Crippen LogP contribution is 2.36. The van der Waals surface area contributed by atoms with Gasteiger partial charge in [-0.3, -0.25) is 5.10 Å². The lowest BCUT2D eigenvalue weighted by Gasteiger charge is -2.17. The van der Waals surface area contributed by atoms with Crippen molar-refractivity contribution >= 4 is 17.0 Å². The molecule has 1 aliphatic carbocycles. The highest BCUT2D eigenvalue weighted by Gasteiger charge is 2.31. The third kappa shape index (κ3) is 3.36. The molecule has 1 saturated carbocycles. The second-order valence-electron chi connectivity index (χ2n) is 7.35. The third-order valence-electron chi connectivity index (χ3n) is 5.22. The molecular weight excluding hydrogens is 393 g/mol. The Labute approximate surface area is 169 Å². The van der Waals surface area contributed by atoms with E-state index in [0.717, 1.165) is 30.4 Å². The van der Waals surface area contributed by atoms with Gasteiger partial charge in [0.25, 0.3) is 0 Å². The van der Waals surface area contributed by atoms with E-state index in [1.807, 2.05) is 18.0 Å². The van der Waals surface area contributed by atoms with E-state index in [4.69, 9.17) is 0 Å². The van der Waals surface area contributed by atoms with E-state index in [0.29, 0.717) is 40.2 Å². The first-order valence-corrected chi connectivity index (χ1v) is 9.48. The molecule has 9 heteroatoms. The van der Waals surface area contributed by atoms with E-state index in [1.54, 1.807) is 24.5 Å². The minimum atomic E-state index is -4.44. The van der Waals surface area contributed by atoms with Crippen LogP contribution in [0.15, 0.2) is 48.8 Å². The molecule has 0 spiro atoms. The summed E-state index contributed by atoms with van der Waals surface area (Å²) in [7, 11) is 1.95. The summed E-state index contributed by atoms with van der Waals surface area (Å²) in [5, 5.41) is 7.52. The van der Waals surface area contributed by atoms with Crippen LogP contribution in [0.1, 0.15) is 18.4 Å². The number of hydrogen-bond donors (Lipinski definition) is 1. The molecule has 0 amide bonds. The molecule has 0 saturated heterocycles. The Bertz CT molecular complexity index is 1230. The summed E-state index contributed by atoms with van der Waals surface area (Å²) >= 11 is 0. The van der Waals surface area contributed by atoms with Crippen LogP contribution < -0.4 is 4.90 Å². The Morgan fingerprint density at radius 3 is 2.70 bits per heavy atom. The van der Waals surface area contributed by atoms with E-state index in [-0.39, 0.29) is 0 Å². The molecule has 1 N–H and O–H groups in total. The van der Waals surface area contributed by atoms with Gasteiger partial charge in [-0.1, -0.05) is 12.1 Å². The Kier molecular flexibility index (Phi) is 4.19. The first-order valence-electron chi connectivity index (χ1n) is 9.48. The second kappa shape index (κ2) is 6.79. The summed E-state index contributed by atoms with van der Waals surface area (Å²) in [6, 6.07) is 9.15. The van der Waals surface area contributed by atoms with Gasteiger partial charge in [-0.05, 0) is 37.1 Å². The molecule has 152 valence electrons. The van der Waals surface area contributed by atoms with Crippen LogP contribution in [-0.2, 0) is 6.18 Å². The Morgan fingerprint density at radius 2 is 1.93 bits per heavy atom. The molecule has 5 rings (SSSR count). The lowest BCUT2D eigenvalue weighted by atomic mass is 10.0. The fourth-order valence-electron chi connectivity index (χ4n) is 3.43. The summed E-state index contributed by atoms with van der Waals surface area (Å²) in [6.07, 6.45) is 1.04. The topological polar surface area (TPSA) is 70.6 Å². The number of nitrogens with one attached hydrogen (secondary N) is 1. The zero-order valence-corrected chi connectivity index (χ0v) is 16.0. The maximum atomic E-state index is 13.3. The Morgan fingerprint density at radius 1 is 1.10 bits per heavy atom. The molecule has 0 bridgehead atoms. The van der Waals surface area contributed by atoms with Crippen LogP contribution in [0.2, 0.25) is 0 Å². The average molecular weight is 410 g/mol. The zero-order chi connectivity index (χ0) is 20.9. The lowest BCUT2D eigenvalue weighted by molar-refractivity contribution is -0.137. The van der Waals surface area contributed by atoms with Gasteiger partial charge in [0, 0.05) is 35.8 Å². The normalized spacial score (nSPS) is 14.3. The quantitative estimate of drug-likeness (QED) is 0.528. The van der Waals surface area contributed by atoms with Gasteiger partial charge in [-0.25, -0.2) is 15.0 Å². The number of H-pyrrole nitrogens is 1. The third-order valence-corrected chi connectivity index (χ3v) is 5.22. The van der Waals surface area contributed by atoms with Crippen molar-refractivity contribution < 1.29 is 13.2 Å². The standard InChI is InChI=1S/C21H17F3N6/c1-30(15-5-6-15)20-25-8-7-17(27-20)16-10-13-11-26-29-19(13)28-18(16)12-3-2-4-14(9-12)21(22,23)24/h2-4,7-11,15H,5-6H2,1H3,(H,26,28,29). The summed E-state index contributed by atoms with van der Waals surface area (Å²) in [5.41, 5.74) is 1.74. The first-order chi connectivity index (χ1) is 14.4. The van der Waals surface area contributed by atoms with E-state index in [9.17, 15) is 13.2 Å². The van der Waals surface area contributed by atoms with Crippen LogP contribution in [0.4, 0.5) is 19.1 Å². The predicted molar refractivity (Wildman–Crippen MR) is 107 cm³/mol. The minimum absolute atomic E-state index is 0.354. The average Bonchev–Trinajstić information content (AvgIpc) is 3.49. The number of rotatable bonds is 4. The molecule has 30 heavy (non-hydrogen) atoms. The number of aromatic nitrogens is 5. The maximum Gasteiger partial charge on any atom is 0.416 e. The van der Waals surface area contributed by atoms with Crippen molar-refractivity contribution in [2.24, 2.45) is 0 Å². The van der Waals surface area contributed by atoms with Crippen molar-refractivity contribution in [2.75, 3.05) is 11.9 Å². The fourth-order valence-corrected chi connectivity index (χ4v) is 3.43. The number of anilines is 1. The van der Waals surface area contributed by atoms with Crippen LogP contribution in [-0.4, -0.2) is 38.2 Å². The highest BCUT2D eigenvalue weighted by atomic mass is 19.4. The van der Waals surface area contributed by atoms with Crippen LogP contribution in [0.3, 0.4) is 0 Å². The van der Waals surface area contributed by atoms with Crippen LogP contribution in [0.25, 0.3) is 33.5 Å². The van der Waals surface area contributed by atoms with Crippen LogP contribution in [0, 0.1) is 0 Å². The van der Waals surface area contributed by atoms with Crippen LogP contribution in [0.5, 0.6) is 0 Å². The largest absolute Gasteiger partial charge is 0.416 e. The minimum Gasteiger partial charge on any atom is -0.341 e. The maximum absolute atomic E-state index is 13.3. The van der Waals surface area contributed by atoms with Gasteiger partial charge in [-0.15, -0.1) is 0 Å². The molecule has 1 fully saturated rings. The number of nitrogens with zero attached hydrogens (tertiary/aromatic N) is 5. The SMILES string of the molecule is CN(c1nccc(-c2cc3cn[nH]c3nc2-c2cccc(C(F)(F)F)c2)n1)C1CC1. The van der Waals surface area contributed by atoms with Crippen LogP contribution >= 0.6 is 0 Å². The number of fused-ring (bicyclic) bond motifs is 1. The summed E-state index contributed by atoms with van der Waals surface area (Å²) in [4.78, 5) is 15.6. The molecule has 4 aromatic rings. The molecule has 3 aromatic heterocycles. The van der Waals surface area contributed by atoms with E-state index < -0.39 is 11.7 Å². The number of alkyl halides is 3. The van der Waals surface area contributed by atoms with Gasteiger partial charge < -0.3 is 4.90 Å². The fraction of sp³-hybridized carbons (Fsp3) is 0.238. The molecule has 0 aliphatic heterocycles. The Hall–Kier alpha value is -3.49. The van der Waals surface area contributed by atoms with Crippen molar-refractivity contribution in [1.29, 1.82) is 0 Å². The molecule has 3 heterocycles. The van der Waals surface area contributed by atoms with Crippen molar-refractivity contribution in [2.45, 2.75) is 25.1 Å². The molecular formula is C21H17F3N6. The number of halogens is 3. The molecule has 0 unspecified atom stereocenters. The molecule has 1 aromatic carbocycles. The first kappa shape index (κ1) is 18.5. The van der Waals surface area contributed by atoms with Gasteiger partial charge >= 0.3 is 6.18 Å².